The van der Waals surface area contributed by atoms with Gasteiger partial charge in [0.15, 0.2) is 0 Å². The highest BCUT2D eigenvalue weighted by Crippen LogP contribution is 2.09. The van der Waals surface area contributed by atoms with Gasteiger partial charge in [-0.3, -0.25) is 0 Å². The molecule has 3 heteroatoms. The maximum Gasteiger partial charge on any atom is 0.210 e. The minimum absolute atomic E-state index is 0.749. The summed E-state index contributed by atoms with van der Waals surface area (Å²) in [4.78, 5) is 4.18. The zero-order valence-corrected chi connectivity index (χ0v) is 6.47. The van der Waals surface area contributed by atoms with Crippen LogP contribution < -0.4 is 5.32 Å². The predicted octanol–water partition coefficient (Wildman–Crippen LogP) is 0.682. The highest BCUT2D eigenvalue weighted by Gasteiger charge is 2.09. The summed E-state index contributed by atoms with van der Waals surface area (Å²) in [7, 11) is 0. The molecule has 3 nitrogen and oxygen atoms in total. The number of allylic oxidation sites excluding steroid dienone is 1. The van der Waals surface area contributed by atoms with Crippen LogP contribution in [0.3, 0.4) is 0 Å². The number of hydrogen-bond donors (Lipinski definition) is 1. The van der Waals surface area contributed by atoms with E-state index in [0.717, 1.165) is 32.0 Å². The third-order valence-electron chi connectivity index (χ3n) is 1.88. The molecule has 11 heavy (non-hydrogen) atoms. The van der Waals surface area contributed by atoms with Crippen molar-refractivity contribution in [3.63, 3.8) is 0 Å². The van der Waals surface area contributed by atoms with Crippen LogP contribution in [0.2, 0.25) is 0 Å². The Labute approximate surface area is 66.2 Å². The highest BCUT2D eigenvalue weighted by atomic mass is 16.5. The summed E-state index contributed by atoms with van der Waals surface area (Å²) in [5, 5.41) is 3.28. The third kappa shape index (κ3) is 1.53. The molecule has 0 bridgehead atoms. The summed E-state index contributed by atoms with van der Waals surface area (Å²) in [5.41, 5.74) is 1.27. The van der Waals surface area contributed by atoms with Crippen LogP contribution in [0.15, 0.2) is 16.8 Å². The van der Waals surface area contributed by atoms with E-state index in [1.54, 1.807) is 0 Å². The molecular weight excluding hydrogens is 140 g/mol. The van der Waals surface area contributed by atoms with Crippen LogP contribution in [0.5, 0.6) is 0 Å². The van der Waals surface area contributed by atoms with Crippen molar-refractivity contribution in [2.24, 2.45) is 4.99 Å². The number of ether oxygens (including phenoxy) is 1. The monoisotopic (exact) mass is 152 g/mol. The lowest BCUT2D eigenvalue weighted by Crippen LogP contribution is -2.06. The molecule has 0 unspecified atom stereocenters. The van der Waals surface area contributed by atoms with Crippen LogP contribution in [0.4, 0.5) is 0 Å². The predicted molar refractivity (Wildman–Crippen MR) is 43.6 cm³/mol. The SMILES string of the molecule is C(=C1CCCN1)C1=NCCO1. The Morgan fingerprint density at radius 1 is 1.55 bits per heavy atom. The van der Waals surface area contributed by atoms with E-state index in [0.29, 0.717) is 0 Å². The van der Waals surface area contributed by atoms with Crippen LogP contribution in [0.1, 0.15) is 12.8 Å². The van der Waals surface area contributed by atoms with Crippen LogP contribution in [-0.4, -0.2) is 25.6 Å². The summed E-state index contributed by atoms with van der Waals surface area (Å²) < 4.78 is 5.25. The molecule has 0 aromatic rings. The minimum atomic E-state index is 0.749. The van der Waals surface area contributed by atoms with E-state index in [-0.39, 0.29) is 0 Å². The van der Waals surface area contributed by atoms with Gasteiger partial charge in [-0.15, -0.1) is 0 Å². The number of nitrogens with one attached hydrogen (secondary N) is 1. The maximum absolute atomic E-state index is 5.25. The normalized spacial score (nSPS) is 26.5. The Kier molecular flexibility index (Phi) is 1.79. The fourth-order valence-electron chi connectivity index (χ4n) is 1.33. The van der Waals surface area contributed by atoms with Gasteiger partial charge in [-0.2, -0.15) is 0 Å². The van der Waals surface area contributed by atoms with Gasteiger partial charge >= 0.3 is 0 Å². The molecule has 0 aliphatic carbocycles. The van der Waals surface area contributed by atoms with Crippen LogP contribution in [-0.2, 0) is 4.74 Å². The molecule has 0 aromatic heterocycles. The molecule has 1 N–H and O–H groups in total. The van der Waals surface area contributed by atoms with E-state index < -0.39 is 0 Å². The molecule has 1 fully saturated rings. The third-order valence-corrected chi connectivity index (χ3v) is 1.88. The number of aliphatic imine (C=N–C) groups is 1. The summed E-state index contributed by atoms with van der Waals surface area (Å²) >= 11 is 0. The smallest absolute Gasteiger partial charge is 0.210 e. The molecule has 0 aromatic carbocycles. The molecule has 0 atom stereocenters. The van der Waals surface area contributed by atoms with E-state index in [2.05, 4.69) is 10.3 Å². The molecule has 2 aliphatic rings. The quantitative estimate of drug-likeness (QED) is 0.599. The van der Waals surface area contributed by atoms with Crippen molar-refractivity contribution >= 4 is 5.90 Å². The van der Waals surface area contributed by atoms with E-state index in [1.807, 2.05) is 6.08 Å². The fourth-order valence-corrected chi connectivity index (χ4v) is 1.33. The Hall–Kier alpha value is -0.990. The van der Waals surface area contributed by atoms with Crippen LogP contribution >= 0.6 is 0 Å². The van der Waals surface area contributed by atoms with Crippen molar-refractivity contribution in [1.82, 2.24) is 5.32 Å². The largest absolute Gasteiger partial charge is 0.476 e. The van der Waals surface area contributed by atoms with Crippen molar-refractivity contribution in [3.8, 4) is 0 Å². The van der Waals surface area contributed by atoms with Gasteiger partial charge in [0.1, 0.15) is 6.61 Å². The standard InChI is InChI=1S/C8H12N2O/c1-2-7(9-3-1)6-8-10-4-5-11-8/h6,9H,1-5H2. The summed E-state index contributed by atoms with van der Waals surface area (Å²) in [6.07, 6.45) is 4.39. The summed E-state index contributed by atoms with van der Waals surface area (Å²) in [5.74, 6) is 0.800. The van der Waals surface area contributed by atoms with Crippen molar-refractivity contribution in [1.29, 1.82) is 0 Å². The van der Waals surface area contributed by atoms with Gasteiger partial charge in [0.2, 0.25) is 5.90 Å². The van der Waals surface area contributed by atoms with Gasteiger partial charge in [0, 0.05) is 18.3 Å². The Morgan fingerprint density at radius 2 is 2.55 bits per heavy atom. The second-order valence-corrected chi connectivity index (χ2v) is 2.77. The average Bonchev–Trinajstić information content (AvgIpc) is 2.60. The summed E-state index contributed by atoms with van der Waals surface area (Å²) in [6, 6.07) is 0. The molecular formula is C8H12N2O. The van der Waals surface area contributed by atoms with Gasteiger partial charge in [0.05, 0.1) is 6.54 Å². The molecule has 0 saturated carbocycles. The Balaban J connectivity index is 2.00. The fraction of sp³-hybridized carbons (Fsp3) is 0.625. The lowest BCUT2D eigenvalue weighted by molar-refractivity contribution is 0.349. The lowest BCUT2D eigenvalue weighted by atomic mass is 10.3. The second kappa shape index (κ2) is 2.95. The highest BCUT2D eigenvalue weighted by molar-refractivity contribution is 5.89. The number of hydrogen-bond acceptors (Lipinski definition) is 3. The summed E-state index contributed by atoms with van der Waals surface area (Å²) in [6.45, 7) is 2.66. The lowest BCUT2D eigenvalue weighted by Gasteiger charge is -1.97. The molecule has 60 valence electrons. The first-order valence-corrected chi connectivity index (χ1v) is 4.07. The maximum atomic E-state index is 5.25. The van der Waals surface area contributed by atoms with Crippen molar-refractivity contribution in [2.45, 2.75) is 12.8 Å². The van der Waals surface area contributed by atoms with Gasteiger partial charge in [-0.05, 0) is 12.8 Å². The number of rotatable bonds is 1. The van der Waals surface area contributed by atoms with Crippen LogP contribution in [0, 0.1) is 0 Å². The molecule has 2 heterocycles. The molecule has 1 saturated heterocycles. The molecule has 0 radical (unpaired) electrons. The van der Waals surface area contributed by atoms with Crippen molar-refractivity contribution in [2.75, 3.05) is 19.7 Å². The number of nitrogens with zero attached hydrogens (tertiary/aromatic N) is 1. The van der Waals surface area contributed by atoms with Crippen molar-refractivity contribution in [3.05, 3.63) is 11.8 Å². The van der Waals surface area contributed by atoms with Gasteiger partial charge in [0.25, 0.3) is 0 Å². The Morgan fingerprint density at radius 3 is 3.18 bits per heavy atom. The minimum Gasteiger partial charge on any atom is -0.476 e. The van der Waals surface area contributed by atoms with Gasteiger partial charge < -0.3 is 10.1 Å². The van der Waals surface area contributed by atoms with E-state index >= 15 is 0 Å². The first kappa shape index (κ1) is 6.70. The van der Waals surface area contributed by atoms with Crippen LogP contribution in [0.25, 0.3) is 0 Å². The molecule has 2 rings (SSSR count). The van der Waals surface area contributed by atoms with Crippen molar-refractivity contribution < 1.29 is 4.74 Å². The zero-order chi connectivity index (χ0) is 7.52. The first-order valence-electron chi connectivity index (χ1n) is 4.07. The van der Waals surface area contributed by atoms with E-state index in [9.17, 15) is 0 Å². The van der Waals surface area contributed by atoms with Gasteiger partial charge in [-0.25, -0.2) is 4.99 Å². The van der Waals surface area contributed by atoms with E-state index in [4.69, 9.17) is 4.74 Å². The van der Waals surface area contributed by atoms with E-state index in [1.165, 1.54) is 12.1 Å². The topological polar surface area (TPSA) is 33.6 Å². The zero-order valence-electron chi connectivity index (χ0n) is 6.47. The first-order chi connectivity index (χ1) is 5.45. The Bertz CT molecular complexity index is 200. The molecule has 0 amide bonds. The van der Waals surface area contributed by atoms with Gasteiger partial charge in [-0.1, -0.05) is 0 Å². The molecule has 0 spiro atoms. The second-order valence-electron chi connectivity index (χ2n) is 2.77. The average molecular weight is 152 g/mol. The molecule has 2 aliphatic heterocycles.